The van der Waals surface area contributed by atoms with Crippen molar-refractivity contribution in [3.63, 3.8) is 0 Å². The van der Waals surface area contributed by atoms with E-state index in [9.17, 15) is 18.0 Å². The summed E-state index contributed by atoms with van der Waals surface area (Å²) in [7, 11) is -1.67. The van der Waals surface area contributed by atoms with Crippen LogP contribution in [0.15, 0.2) is 54.6 Å². The van der Waals surface area contributed by atoms with Gasteiger partial charge in [0, 0.05) is 18.3 Å². The Bertz CT molecular complexity index is 1060. The van der Waals surface area contributed by atoms with Crippen LogP contribution in [0.1, 0.15) is 18.9 Å². The average Bonchev–Trinajstić information content (AvgIpc) is 3.12. The molecule has 9 heteroatoms. The molecular weight excluding hydrogens is 418 g/mol. The summed E-state index contributed by atoms with van der Waals surface area (Å²) in [6.07, 6.45) is 3.60. The molecule has 0 spiro atoms. The van der Waals surface area contributed by atoms with Crippen LogP contribution in [0.4, 0.5) is 11.4 Å². The van der Waals surface area contributed by atoms with Gasteiger partial charge in [-0.3, -0.25) is 13.9 Å². The maximum absolute atomic E-state index is 12.4. The van der Waals surface area contributed by atoms with Crippen LogP contribution >= 0.6 is 0 Å². The molecule has 164 valence electrons. The quantitative estimate of drug-likeness (QED) is 0.640. The third-order valence-corrected chi connectivity index (χ3v) is 6.69. The highest BCUT2D eigenvalue weighted by molar-refractivity contribution is 7.93. The van der Waals surface area contributed by atoms with Crippen molar-refractivity contribution in [2.24, 2.45) is 0 Å². The third kappa shape index (κ3) is 5.85. The lowest BCUT2D eigenvalue weighted by molar-refractivity contribution is -0.123. The van der Waals surface area contributed by atoms with Crippen LogP contribution in [0.25, 0.3) is 6.08 Å². The van der Waals surface area contributed by atoms with Crippen LogP contribution in [-0.4, -0.2) is 45.7 Å². The number of rotatable bonds is 7. The summed E-state index contributed by atoms with van der Waals surface area (Å²) in [5, 5.41) is 5.32. The van der Waals surface area contributed by atoms with E-state index in [-0.39, 0.29) is 11.7 Å². The van der Waals surface area contributed by atoms with E-state index >= 15 is 0 Å². The lowest BCUT2D eigenvalue weighted by Gasteiger charge is -2.18. The second-order valence-corrected chi connectivity index (χ2v) is 9.13. The Labute approximate surface area is 181 Å². The van der Waals surface area contributed by atoms with Gasteiger partial charge in [0.1, 0.15) is 11.8 Å². The van der Waals surface area contributed by atoms with Crippen LogP contribution in [0.5, 0.6) is 5.75 Å². The Morgan fingerprint density at radius 3 is 2.35 bits per heavy atom. The largest absolute Gasteiger partial charge is 0.497 e. The van der Waals surface area contributed by atoms with E-state index in [1.807, 2.05) is 12.1 Å². The first kappa shape index (κ1) is 22.4. The van der Waals surface area contributed by atoms with Gasteiger partial charge in [-0.15, -0.1) is 0 Å². The molecule has 2 aromatic rings. The van der Waals surface area contributed by atoms with Crippen molar-refractivity contribution in [2.45, 2.75) is 19.4 Å². The molecule has 1 saturated heterocycles. The van der Waals surface area contributed by atoms with Crippen LogP contribution in [0, 0.1) is 0 Å². The summed E-state index contributed by atoms with van der Waals surface area (Å²) < 4.78 is 30.4. The SMILES string of the molecule is COc1ccc(/C=C/C(=O)NC(C)C(=O)Nc2ccc(N3CCCS3(=O)=O)cc2)cc1. The molecule has 31 heavy (non-hydrogen) atoms. The van der Waals surface area contributed by atoms with E-state index in [1.165, 1.54) is 10.4 Å². The summed E-state index contributed by atoms with van der Waals surface area (Å²) in [6, 6.07) is 13.0. The topological polar surface area (TPSA) is 105 Å². The number of methoxy groups -OCH3 is 1. The number of carbonyl (C=O) groups is 2. The molecule has 2 N–H and O–H groups in total. The minimum atomic E-state index is -3.25. The van der Waals surface area contributed by atoms with Crippen molar-refractivity contribution in [3.8, 4) is 5.75 Å². The van der Waals surface area contributed by atoms with Gasteiger partial charge in [0.2, 0.25) is 21.8 Å². The van der Waals surface area contributed by atoms with Crippen molar-refractivity contribution < 1.29 is 22.7 Å². The van der Waals surface area contributed by atoms with Crippen molar-refractivity contribution >= 4 is 39.3 Å². The molecule has 1 heterocycles. The number of ether oxygens (including phenoxy) is 1. The molecule has 0 bridgehead atoms. The highest BCUT2D eigenvalue weighted by Crippen LogP contribution is 2.25. The van der Waals surface area contributed by atoms with Gasteiger partial charge in [0.15, 0.2) is 0 Å². The number of amides is 2. The fraction of sp³-hybridized carbons (Fsp3) is 0.273. The molecule has 0 aromatic heterocycles. The Morgan fingerprint density at radius 2 is 1.77 bits per heavy atom. The van der Waals surface area contributed by atoms with Crippen LogP contribution in [0.2, 0.25) is 0 Å². The molecule has 0 radical (unpaired) electrons. The van der Waals surface area contributed by atoms with E-state index < -0.39 is 22.0 Å². The summed E-state index contributed by atoms with van der Waals surface area (Å²) in [4.78, 5) is 24.5. The second kappa shape index (κ2) is 9.65. The highest BCUT2D eigenvalue weighted by atomic mass is 32.2. The highest BCUT2D eigenvalue weighted by Gasteiger charge is 2.28. The minimum Gasteiger partial charge on any atom is -0.497 e. The smallest absolute Gasteiger partial charge is 0.246 e. The molecule has 1 atom stereocenters. The zero-order valence-electron chi connectivity index (χ0n) is 17.4. The number of nitrogens with one attached hydrogen (secondary N) is 2. The number of sulfonamides is 1. The van der Waals surface area contributed by atoms with E-state index in [1.54, 1.807) is 56.5 Å². The predicted molar refractivity (Wildman–Crippen MR) is 120 cm³/mol. The van der Waals surface area contributed by atoms with E-state index in [0.717, 1.165) is 11.3 Å². The zero-order chi connectivity index (χ0) is 22.4. The molecule has 0 aliphatic carbocycles. The van der Waals surface area contributed by atoms with Gasteiger partial charge in [-0.1, -0.05) is 12.1 Å². The van der Waals surface area contributed by atoms with Gasteiger partial charge in [-0.2, -0.15) is 0 Å². The molecular formula is C22H25N3O5S. The van der Waals surface area contributed by atoms with Gasteiger partial charge >= 0.3 is 0 Å². The van der Waals surface area contributed by atoms with Crippen molar-refractivity contribution in [1.82, 2.24) is 5.32 Å². The number of benzene rings is 2. The van der Waals surface area contributed by atoms with Crippen LogP contribution < -0.4 is 19.7 Å². The Kier molecular flexibility index (Phi) is 6.96. The number of nitrogens with zero attached hydrogens (tertiary/aromatic N) is 1. The second-order valence-electron chi connectivity index (χ2n) is 7.11. The molecule has 1 fully saturated rings. The van der Waals surface area contributed by atoms with Gasteiger partial charge in [-0.25, -0.2) is 8.42 Å². The first-order valence-electron chi connectivity index (χ1n) is 9.82. The molecule has 2 aromatic carbocycles. The molecule has 0 saturated carbocycles. The zero-order valence-corrected chi connectivity index (χ0v) is 18.2. The Morgan fingerprint density at radius 1 is 1.10 bits per heavy atom. The number of hydrogen-bond donors (Lipinski definition) is 2. The van der Waals surface area contributed by atoms with Gasteiger partial charge in [0.05, 0.1) is 18.6 Å². The Balaban J connectivity index is 1.52. The third-order valence-electron chi connectivity index (χ3n) is 4.82. The van der Waals surface area contributed by atoms with Gasteiger partial charge in [0.25, 0.3) is 0 Å². The number of carbonyl (C=O) groups excluding carboxylic acids is 2. The minimum absolute atomic E-state index is 0.148. The lowest BCUT2D eigenvalue weighted by Crippen LogP contribution is -2.40. The standard InChI is InChI=1S/C22H25N3O5S/c1-16(23-21(26)13-6-17-4-11-20(30-2)12-5-17)22(27)24-18-7-9-19(10-8-18)25-14-3-15-31(25,28)29/h4-13,16H,3,14-15H2,1-2H3,(H,23,26)(H,24,27)/b13-6+. The van der Waals surface area contributed by atoms with Crippen molar-refractivity contribution in [1.29, 1.82) is 0 Å². The van der Waals surface area contributed by atoms with Gasteiger partial charge in [-0.05, 0) is 61.4 Å². The summed E-state index contributed by atoms with van der Waals surface area (Å²) in [5.41, 5.74) is 1.91. The summed E-state index contributed by atoms with van der Waals surface area (Å²) >= 11 is 0. The normalized spacial score (nSPS) is 16.1. The molecule has 1 unspecified atom stereocenters. The van der Waals surface area contributed by atoms with Crippen LogP contribution in [0.3, 0.4) is 0 Å². The van der Waals surface area contributed by atoms with E-state index in [4.69, 9.17) is 4.74 Å². The summed E-state index contributed by atoms with van der Waals surface area (Å²) in [6.45, 7) is 2.04. The maximum atomic E-state index is 12.4. The van der Waals surface area contributed by atoms with E-state index in [0.29, 0.717) is 24.3 Å². The molecule has 8 nitrogen and oxygen atoms in total. The van der Waals surface area contributed by atoms with Crippen LogP contribution in [-0.2, 0) is 19.6 Å². The fourth-order valence-electron chi connectivity index (χ4n) is 3.11. The predicted octanol–water partition coefficient (Wildman–Crippen LogP) is 2.39. The van der Waals surface area contributed by atoms with Crippen molar-refractivity contribution in [3.05, 3.63) is 60.2 Å². The summed E-state index contributed by atoms with van der Waals surface area (Å²) in [5.74, 6) is 0.0954. The first-order valence-corrected chi connectivity index (χ1v) is 11.4. The molecule has 1 aliphatic heterocycles. The molecule has 3 rings (SSSR count). The number of hydrogen-bond acceptors (Lipinski definition) is 5. The monoisotopic (exact) mass is 443 g/mol. The number of anilines is 2. The lowest BCUT2D eigenvalue weighted by atomic mass is 10.2. The first-order chi connectivity index (χ1) is 14.8. The molecule has 1 aliphatic rings. The average molecular weight is 444 g/mol. The fourth-order valence-corrected chi connectivity index (χ4v) is 4.67. The van der Waals surface area contributed by atoms with Gasteiger partial charge < -0.3 is 15.4 Å². The van der Waals surface area contributed by atoms with Crippen molar-refractivity contribution in [2.75, 3.05) is 29.0 Å². The van der Waals surface area contributed by atoms with E-state index in [2.05, 4.69) is 10.6 Å². The maximum Gasteiger partial charge on any atom is 0.246 e. The molecule has 2 amide bonds. The Hall–Kier alpha value is -3.33.